The summed E-state index contributed by atoms with van der Waals surface area (Å²) in [7, 11) is 0. The van der Waals surface area contributed by atoms with Gasteiger partial charge in [-0.3, -0.25) is 0 Å². The van der Waals surface area contributed by atoms with Crippen LogP contribution < -0.4 is 0 Å². The van der Waals surface area contributed by atoms with Gasteiger partial charge < -0.3 is 4.84 Å². The van der Waals surface area contributed by atoms with Gasteiger partial charge in [-0.25, -0.2) is 4.39 Å². The average molecular weight is 76.0 g/mol. The number of hydrogen-bond acceptors (Lipinski definition) is 2. The first-order valence-corrected chi connectivity index (χ1v) is 0.997. The first kappa shape index (κ1) is 4.40. The van der Waals surface area contributed by atoms with Crippen molar-refractivity contribution in [3.05, 3.63) is 0 Å². The standard InChI is InChI=1S/C2H3FNO/c1-4-5-2-3/h1H,2H2. The van der Waals surface area contributed by atoms with Gasteiger partial charge in [0.1, 0.15) is 0 Å². The van der Waals surface area contributed by atoms with E-state index in [1.807, 2.05) is 0 Å². The van der Waals surface area contributed by atoms with Gasteiger partial charge in [0, 0.05) is 0 Å². The summed E-state index contributed by atoms with van der Waals surface area (Å²) >= 11 is 0. The molecule has 0 fully saturated rings. The molecule has 0 heterocycles. The Morgan fingerprint density at radius 3 is 2.60 bits per heavy atom. The number of halogens is 1. The summed E-state index contributed by atoms with van der Waals surface area (Å²) in [4.78, 5) is 3.57. The van der Waals surface area contributed by atoms with Gasteiger partial charge in [0.2, 0.25) is 0 Å². The van der Waals surface area contributed by atoms with E-state index in [9.17, 15) is 4.39 Å². The van der Waals surface area contributed by atoms with Crippen molar-refractivity contribution in [2.45, 2.75) is 0 Å². The Morgan fingerprint density at radius 1 is 2.00 bits per heavy atom. The third-order valence-electron chi connectivity index (χ3n) is 0.123. The summed E-state index contributed by atoms with van der Waals surface area (Å²) in [6, 6.07) is 0. The smallest absolute Gasteiger partial charge is 0.255 e. The molecule has 0 atom stereocenters. The Labute approximate surface area is 29.2 Å². The van der Waals surface area contributed by atoms with Gasteiger partial charge in [-0.2, -0.15) is 0 Å². The van der Waals surface area contributed by atoms with Crippen LogP contribution >= 0.6 is 0 Å². The van der Waals surface area contributed by atoms with Gasteiger partial charge >= 0.3 is 0 Å². The normalized spacial score (nSPS) is 6.60. The van der Waals surface area contributed by atoms with Crippen LogP contribution in [0.25, 0.3) is 0 Å². The highest BCUT2D eigenvalue weighted by Crippen LogP contribution is 1.67. The molecular weight excluding hydrogens is 73.0 g/mol. The molecule has 29 valence electrons. The van der Waals surface area contributed by atoms with Crippen molar-refractivity contribution in [2.24, 2.45) is 5.16 Å². The zero-order chi connectivity index (χ0) is 4.12. The van der Waals surface area contributed by atoms with E-state index < -0.39 is 6.86 Å². The number of alkyl halides is 1. The lowest BCUT2D eigenvalue weighted by Gasteiger charge is -1.78. The molecule has 0 N–H and O–H groups in total. The van der Waals surface area contributed by atoms with Gasteiger partial charge in [0.25, 0.3) is 6.86 Å². The molecule has 1 radical (unpaired) electrons. The Balaban J connectivity index is 2.40. The second-order valence-electron chi connectivity index (χ2n) is 0.344. The predicted octanol–water partition coefficient (Wildman–Crippen LogP) is 0.423. The molecule has 0 aromatic carbocycles. The predicted molar refractivity (Wildman–Crippen MR) is 15.6 cm³/mol. The topological polar surface area (TPSA) is 21.6 Å². The van der Waals surface area contributed by atoms with Gasteiger partial charge in [-0.05, 0) is 0 Å². The molecule has 0 saturated heterocycles. The van der Waals surface area contributed by atoms with Crippen LogP contribution in [0.4, 0.5) is 4.39 Å². The second kappa shape index (κ2) is 3.40. The van der Waals surface area contributed by atoms with E-state index in [-0.39, 0.29) is 0 Å². The van der Waals surface area contributed by atoms with E-state index in [4.69, 9.17) is 0 Å². The lowest BCUT2D eigenvalue weighted by molar-refractivity contribution is 0.0655. The fourth-order valence-corrected chi connectivity index (χ4v) is 0.0282. The second-order valence-corrected chi connectivity index (χ2v) is 0.344. The van der Waals surface area contributed by atoms with E-state index in [1.54, 1.807) is 0 Å². The van der Waals surface area contributed by atoms with Crippen molar-refractivity contribution in [1.29, 1.82) is 0 Å². The Hall–Kier alpha value is -0.600. The SMILES string of the molecule is [CH]=NOCF. The molecule has 0 aromatic heterocycles. The van der Waals surface area contributed by atoms with Crippen molar-refractivity contribution >= 4 is 6.72 Å². The highest BCUT2D eigenvalue weighted by molar-refractivity contribution is 5.21. The molecule has 0 aromatic rings. The molecule has 0 spiro atoms. The van der Waals surface area contributed by atoms with Gasteiger partial charge in [0.15, 0.2) is 0 Å². The third-order valence-corrected chi connectivity index (χ3v) is 0.123. The Morgan fingerprint density at radius 2 is 2.60 bits per heavy atom. The minimum atomic E-state index is -0.948. The minimum absolute atomic E-state index is 0.948. The summed E-state index contributed by atoms with van der Waals surface area (Å²) < 4.78 is 10.6. The van der Waals surface area contributed by atoms with Crippen molar-refractivity contribution in [1.82, 2.24) is 0 Å². The third kappa shape index (κ3) is 3.40. The summed E-state index contributed by atoms with van der Waals surface area (Å²) in [5.74, 6) is 0. The van der Waals surface area contributed by atoms with Crippen LogP contribution in [-0.2, 0) is 4.84 Å². The van der Waals surface area contributed by atoms with Crippen molar-refractivity contribution in [2.75, 3.05) is 6.86 Å². The van der Waals surface area contributed by atoms with Crippen molar-refractivity contribution in [3.63, 3.8) is 0 Å². The number of hydrogen-bond donors (Lipinski definition) is 0. The molecular formula is C2H3FNO. The van der Waals surface area contributed by atoms with Crippen LogP contribution in [0.15, 0.2) is 5.16 Å². The first-order chi connectivity index (χ1) is 2.41. The molecule has 0 aliphatic carbocycles. The van der Waals surface area contributed by atoms with Crippen LogP contribution in [0.2, 0.25) is 0 Å². The largest absolute Gasteiger partial charge is 0.362 e. The average Bonchev–Trinajstić information content (AvgIpc) is 1.41. The number of rotatable bonds is 2. The summed E-state index contributed by atoms with van der Waals surface area (Å²) in [6.45, 7) is 3.35. The molecule has 0 unspecified atom stereocenters. The zero-order valence-electron chi connectivity index (χ0n) is 2.52. The van der Waals surface area contributed by atoms with Crippen LogP contribution in [0.1, 0.15) is 0 Å². The molecule has 3 heteroatoms. The minimum Gasteiger partial charge on any atom is -0.362 e. The molecule has 0 saturated carbocycles. The van der Waals surface area contributed by atoms with E-state index in [2.05, 4.69) is 16.7 Å². The fourth-order valence-electron chi connectivity index (χ4n) is 0.0282. The fraction of sp³-hybridized carbons (Fsp3) is 0.500. The molecule has 0 bridgehead atoms. The van der Waals surface area contributed by atoms with E-state index in [0.29, 0.717) is 0 Å². The molecule has 0 amide bonds. The number of nitrogens with zero attached hydrogens (tertiary/aromatic N) is 1. The molecule has 0 aliphatic rings. The van der Waals surface area contributed by atoms with Crippen molar-refractivity contribution in [3.8, 4) is 0 Å². The maximum Gasteiger partial charge on any atom is 0.255 e. The summed E-state index contributed by atoms with van der Waals surface area (Å²) in [6.07, 6.45) is 0. The van der Waals surface area contributed by atoms with E-state index in [1.165, 1.54) is 0 Å². The molecule has 0 aliphatic heterocycles. The van der Waals surface area contributed by atoms with Gasteiger partial charge in [-0.1, -0.05) is 5.16 Å². The van der Waals surface area contributed by atoms with Gasteiger partial charge in [0.05, 0.1) is 6.72 Å². The quantitative estimate of drug-likeness (QED) is 0.345. The van der Waals surface area contributed by atoms with Gasteiger partial charge in [-0.15, -0.1) is 0 Å². The van der Waals surface area contributed by atoms with Crippen LogP contribution in [0, 0.1) is 0 Å². The lowest BCUT2D eigenvalue weighted by atomic mass is 11.6. The zero-order valence-corrected chi connectivity index (χ0v) is 2.52. The highest BCUT2D eigenvalue weighted by Gasteiger charge is 1.61. The Bertz CT molecular complexity index is 30.8. The summed E-state index contributed by atoms with van der Waals surface area (Å²) in [5.41, 5.74) is 0. The maximum atomic E-state index is 10.6. The highest BCUT2D eigenvalue weighted by atomic mass is 19.1. The lowest BCUT2D eigenvalue weighted by Crippen LogP contribution is -1.70. The van der Waals surface area contributed by atoms with Crippen molar-refractivity contribution < 1.29 is 9.23 Å². The first-order valence-electron chi connectivity index (χ1n) is 0.997. The van der Waals surface area contributed by atoms with E-state index >= 15 is 0 Å². The maximum absolute atomic E-state index is 10.6. The molecule has 5 heavy (non-hydrogen) atoms. The Kier molecular flexibility index (Phi) is 2.99. The van der Waals surface area contributed by atoms with Crippen LogP contribution in [0.3, 0.4) is 0 Å². The molecule has 2 nitrogen and oxygen atoms in total. The van der Waals surface area contributed by atoms with Crippen LogP contribution in [0.5, 0.6) is 0 Å². The molecule has 0 rings (SSSR count). The summed E-state index contributed by atoms with van der Waals surface area (Å²) in [5, 5.41) is 2.48. The monoisotopic (exact) mass is 76.0 g/mol. The van der Waals surface area contributed by atoms with E-state index in [0.717, 1.165) is 0 Å². The van der Waals surface area contributed by atoms with Crippen LogP contribution in [-0.4, -0.2) is 13.6 Å².